The minimum Gasteiger partial charge on any atom is -0.459 e. The van der Waals surface area contributed by atoms with E-state index in [4.69, 9.17) is 4.42 Å². The lowest BCUT2D eigenvalue weighted by Gasteiger charge is -2.31. The highest BCUT2D eigenvalue weighted by Crippen LogP contribution is 2.15. The molecule has 1 saturated heterocycles. The van der Waals surface area contributed by atoms with Gasteiger partial charge < -0.3 is 14.6 Å². The van der Waals surface area contributed by atoms with Gasteiger partial charge in [0.1, 0.15) is 0 Å². The van der Waals surface area contributed by atoms with Crippen LogP contribution in [-0.4, -0.2) is 36.3 Å². The van der Waals surface area contributed by atoms with Gasteiger partial charge in [-0.05, 0) is 30.9 Å². The van der Waals surface area contributed by atoms with Crippen LogP contribution in [0.25, 0.3) is 0 Å². The maximum absolute atomic E-state index is 12.0. The Morgan fingerprint density at radius 3 is 3.05 bits per heavy atom. The molecule has 1 aliphatic rings. The van der Waals surface area contributed by atoms with Crippen LogP contribution in [0.1, 0.15) is 36.7 Å². The van der Waals surface area contributed by atoms with Crippen LogP contribution in [0.3, 0.4) is 0 Å². The third kappa shape index (κ3) is 3.84. The number of furan rings is 1. The quantitative estimate of drug-likeness (QED) is 0.899. The molecule has 5 nitrogen and oxygen atoms in total. The second kappa shape index (κ2) is 6.41. The number of amides is 2. The summed E-state index contributed by atoms with van der Waals surface area (Å²) in [6.07, 6.45) is 4.07. The van der Waals surface area contributed by atoms with Crippen LogP contribution in [0.15, 0.2) is 22.8 Å². The molecule has 0 aliphatic carbocycles. The van der Waals surface area contributed by atoms with Gasteiger partial charge in [-0.15, -0.1) is 0 Å². The molecule has 1 aliphatic heterocycles. The molecule has 1 aromatic rings. The van der Waals surface area contributed by atoms with Gasteiger partial charge in [0.25, 0.3) is 5.91 Å². The van der Waals surface area contributed by atoms with Crippen LogP contribution in [0.4, 0.5) is 0 Å². The van der Waals surface area contributed by atoms with Crippen LogP contribution >= 0.6 is 0 Å². The summed E-state index contributed by atoms with van der Waals surface area (Å²) >= 11 is 0. The van der Waals surface area contributed by atoms with E-state index in [0.29, 0.717) is 18.9 Å². The van der Waals surface area contributed by atoms with Gasteiger partial charge in [-0.3, -0.25) is 9.59 Å². The van der Waals surface area contributed by atoms with Crippen molar-refractivity contribution in [2.45, 2.75) is 26.2 Å². The molecule has 1 atom stereocenters. The zero-order chi connectivity index (χ0) is 13.7. The third-order valence-electron chi connectivity index (χ3n) is 3.38. The van der Waals surface area contributed by atoms with Gasteiger partial charge in [-0.2, -0.15) is 0 Å². The highest BCUT2D eigenvalue weighted by atomic mass is 16.3. The Bertz CT molecular complexity index is 428. The predicted molar refractivity (Wildman–Crippen MR) is 70.6 cm³/mol. The maximum Gasteiger partial charge on any atom is 0.286 e. The molecule has 0 saturated carbocycles. The highest BCUT2D eigenvalue weighted by molar-refractivity contribution is 5.91. The first-order valence-corrected chi connectivity index (χ1v) is 6.76. The Balaban J connectivity index is 1.70. The molecule has 5 heteroatoms. The number of hydrogen-bond acceptors (Lipinski definition) is 3. The average molecular weight is 264 g/mol. The largest absolute Gasteiger partial charge is 0.459 e. The SMILES string of the molecule is CC1CCCN(C(=O)CCNC(=O)c2ccco2)C1. The summed E-state index contributed by atoms with van der Waals surface area (Å²) in [5.74, 6) is 0.700. The standard InChI is InChI=1S/C14H20N2O3/c1-11-4-2-8-16(10-11)13(17)6-7-15-14(18)12-5-3-9-19-12/h3,5,9,11H,2,4,6-8,10H2,1H3,(H,15,18). The van der Waals surface area contributed by atoms with Crippen molar-refractivity contribution >= 4 is 11.8 Å². The lowest BCUT2D eigenvalue weighted by atomic mass is 10.00. The van der Waals surface area contributed by atoms with E-state index in [1.165, 1.54) is 12.7 Å². The van der Waals surface area contributed by atoms with E-state index in [1.54, 1.807) is 12.1 Å². The number of nitrogens with zero attached hydrogens (tertiary/aromatic N) is 1. The number of rotatable bonds is 4. The molecule has 104 valence electrons. The van der Waals surface area contributed by atoms with Crippen LogP contribution < -0.4 is 5.32 Å². The minimum atomic E-state index is -0.273. The second-order valence-corrected chi connectivity index (χ2v) is 5.07. The highest BCUT2D eigenvalue weighted by Gasteiger charge is 2.20. The molecule has 1 fully saturated rings. The molecule has 1 unspecified atom stereocenters. The topological polar surface area (TPSA) is 62.6 Å². The Morgan fingerprint density at radius 2 is 2.37 bits per heavy atom. The van der Waals surface area contributed by atoms with Crippen LogP contribution in [0.2, 0.25) is 0 Å². The van der Waals surface area contributed by atoms with Crippen molar-refractivity contribution in [2.75, 3.05) is 19.6 Å². The van der Waals surface area contributed by atoms with E-state index in [-0.39, 0.29) is 17.6 Å². The summed E-state index contributed by atoms with van der Waals surface area (Å²) in [6.45, 7) is 4.20. The average Bonchev–Trinajstić information content (AvgIpc) is 2.92. The van der Waals surface area contributed by atoms with E-state index in [0.717, 1.165) is 19.5 Å². The monoisotopic (exact) mass is 264 g/mol. The van der Waals surface area contributed by atoms with Crippen LogP contribution in [0.5, 0.6) is 0 Å². The van der Waals surface area contributed by atoms with Crippen molar-refractivity contribution in [3.63, 3.8) is 0 Å². The fourth-order valence-electron chi connectivity index (χ4n) is 2.35. The van der Waals surface area contributed by atoms with E-state index in [1.807, 2.05) is 4.90 Å². The number of piperidine rings is 1. The summed E-state index contributed by atoms with van der Waals surface area (Å²) in [4.78, 5) is 25.4. The lowest BCUT2D eigenvalue weighted by Crippen LogP contribution is -2.40. The normalized spacial score (nSPS) is 19.2. The zero-order valence-corrected chi connectivity index (χ0v) is 11.2. The van der Waals surface area contributed by atoms with Gasteiger partial charge in [0, 0.05) is 26.1 Å². The molecule has 19 heavy (non-hydrogen) atoms. The fourth-order valence-corrected chi connectivity index (χ4v) is 2.35. The Labute approximate surface area is 113 Å². The first-order valence-electron chi connectivity index (χ1n) is 6.76. The van der Waals surface area contributed by atoms with Gasteiger partial charge in [-0.1, -0.05) is 6.92 Å². The number of nitrogens with one attached hydrogen (secondary N) is 1. The van der Waals surface area contributed by atoms with E-state index in [2.05, 4.69) is 12.2 Å². The molecular formula is C14H20N2O3. The fraction of sp³-hybridized carbons (Fsp3) is 0.571. The van der Waals surface area contributed by atoms with E-state index >= 15 is 0 Å². The summed E-state index contributed by atoms with van der Waals surface area (Å²) in [6, 6.07) is 3.26. The summed E-state index contributed by atoms with van der Waals surface area (Å²) in [7, 11) is 0. The smallest absolute Gasteiger partial charge is 0.286 e. The first kappa shape index (κ1) is 13.6. The molecule has 0 bridgehead atoms. The van der Waals surface area contributed by atoms with Crippen molar-refractivity contribution in [2.24, 2.45) is 5.92 Å². The number of carbonyl (C=O) groups excluding carboxylic acids is 2. The van der Waals surface area contributed by atoms with Gasteiger partial charge >= 0.3 is 0 Å². The molecule has 0 spiro atoms. The molecule has 2 heterocycles. The molecule has 2 rings (SSSR count). The van der Waals surface area contributed by atoms with Crippen molar-refractivity contribution in [1.29, 1.82) is 0 Å². The maximum atomic E-state index is 12.0. The zero-order valence-electron chi connectivity index (χ0n) is 11.2. The van der Waals surface area contributed by atoms with Gasteiger partial charge in [-0.25, -0.2) is 0 Å². The Morgan fingerprint density at radius 1 is 1.53 bits per heavy atom. The summed E-state index contributed by atoms with van der Waals surface area (Å²) in [5.41, 5.74) is 0. The Kier molecular flexibility index (Phi) is 4.60. The number of hydrogen-bond donors (Lipinski definition) is 1. The van der Waals surface area contributed by atoms with Gasteiger partial charge in [0.15, 0.2) is 5.76 Å². The van der Waals surface area contributed by atoms with E-state index in [9.17, 15) is 9.59 Å². The molecular weight excluding hydrogens is 244 g/mol. The molecule has 0 aromatic carbocycles. The van der Waals surface area contributed by atoms with Crippen LogP contribution in [-0.2, 0) is 4.79 Å². The molecule has 2 amide bonds. The van der Waals surface area contributed by atoms with Gasteiger partial charge in [0.05, 0.1) is 6.26 Å². The molecule has 1 aromatic heterocycles. The predicted octanol–water partition coefficient (Wildman–Crippen LogP) is 1.66. The minimum absolute atomic E-state index is 0.117. The van der Waals surface area contributed by atoms with Crippen LogP contribution in [0, 0.1) is 5.92 Å². The molecule has 0 radical (unpaired) electrons. The van der Waals surface area contributed by atoms with Gasteiger partial charge in [0.2, 0.25) is 5.91 Å². The molecule has 1 N–H and O–H groups in total. The number of carbonyl (C=O) groups is 2. The summed E-state index contributed by atoms with van der Waals surface area (Å²) in [5, 5.41) is 2.69. The van der Waals surface area contributed by atoms with Crippen molar-refractivity contribution in [3.8, 4) is 0 Å². The lowest BCUT2D eigenvalue weighted by molar-refractivity contribution is -0.132. The number of likely N-dealkylation sites (tertiary alicyclic amines) is 1. The van der Waals surface area contributed by atoms with E-state index < -0.39 is 0 Å². The van der Waals surface area contributed by atoms with Crippen molar-refractivity contribution in [3.05, 3.63) is 24.2 Å². The van der Waals surface area contributed by atoms with Crippen molar-refractivity contribution < 1.29 is 14.0 Å². The third-order valence-corrected chi connectivity index (χ3v) is 3.38. The second-order valence-electron chi connectivity index (χ2n) is 5.07. The summed E-state index contributed by atoms with van der Waals surface area (Å²) < 4.78 is 4.98. The first-order chi connectivity index (χ1) is 9.16. The van der Waals surface area contributed by atoms with Crippen molar-refractivity contribution in [1.82, 2.24) is 10.2 Å². The Hall–Kier alpha value is -1.78.